The Morgan fingerprint density at radius 1 is 0.852 bits per heavy atom. The number of para-hydroxylation sites is 1. The highest BCUT2D eigenvalue weighted by molar-refractivity contribution is 5.87. The third-order valence-electron chi connectivity index (χ3n) is 6.05. The molecule has 0 spiro atoms. The molecule has 0 unspecified atom stereocenters. The first-order chi connectivity index (χ1) is 13.4. The summed E-state index contributed by atoms with van der Waals surface area (Å²) in [7, 11) is 0. The SMILES string of the molecule is c1ccc(-n2ncc3c(N4CCN(C5CCCCC5)CC4)ncnc32)cc1. The maximum absolute atomic E-state index is 4.62. The van der Waals surface area contributed by atoms with Gasteiger partial charge in [-0.2, -0.15) is 5.10 Å². The van der Waals surface area contributed by atoms with Crippen LogP contribution in [0.4, 0.5) is 5.82 Å². The largest absolute Gasteiger partial charge is 0.353 e. The predicted molar refractivity (Wildman–Crippen MR) is 107 cm³/mol. The Morgan fingerprint density at radius 2 is 1.63 bits per heavy atom. The molecule has 0 radical (unpaired) electrons. The minimum Gasteiger partial charge on any atom is -0.353 e. The first kappa shape index (κ1) is 16.7. The van der Waals surface area contributed by atoms with E-state index < -0.39 is 0 Å². The van der Waals surface area contributed by atoms with Gasteiger partial charge in [-0.1, -0.05) is 37.5 Å². The monoisotopic (exact) mass is 362 g/mol. The highest BCUT2D eigenvalue weighted by Gasteiger charge is 2.26. The van der Waals surface area contributed by atoms with Gasteiger partial charge in [-0.15, -0.1) is 0 Å². The molecule has 1 saturated heterocycles. The zero-order valence-corrected chi connectivity index (χ0v) is 15.7. The molecular formula is C21H26N6. The molecule has 1 aromatic carbocycles. The fourth-order valence-electron chi connectivity index (χ4n) is 4.59. The molecule has 27 heavy (non-hydrogen) atoms. The summed E-state index contributed by atoms with van der Waals surface area (Å²) in [5, 5.41) is 5.62. The molecule has 6 heteroatoms. The number of piperazine rings is 1. The lowest BCUT2D eigenvalue weighted by Gasteiger charge is -2.41. The number of aromatic nitrogens is 4. The first-order valence-corrected chi connectivity index (χ1v) is 10.1. The molecule has 140 valence electrons. The fraction of sp³-hybridized carbons (Fsp3) is 0.476. The zero-order chi connectivity index (χ0) is 18.1. The molecule has 0 bridgehead atoms. The summed E-state index contributed by atoms with van der Waals surface area (Å²) in [4.78, 5) is 14.2. The van der Waals surface area contributed by atoms with Crippen LogP contribution in [0, 0.1) is 0 Å². The van der Waals surface area contributed by atoms with Crippen LogP contribution >= 0.6 is 0 Å². The minimum absolute atomic E-state index is 0.798. The van der Waals surface area contributed by atoms with E-state index in [4.69, 9.17) is 0 Å². The van der Waals surface area contributed by atoms with Crippen molar-refractivity contribution in [3.05, 3.63) is 42.9 Å². The number of nitrogens with zero attached hydrogens (tertiary/aromatic N) is 6. The lowest BCUT2D eigenvalue weighted by molar-refractivity contribution is 0.148. The summed E-state index contributed by atoms with van der Waals surface area (Å²) in [6.07, 6.45) is 10.5. The molecule has 1 aliphatic heterocycles. The van der Waals surface area contributed by atoms with Gasteiger partial charge in [0.1, 0.15) is 12.1 Å². The van der Waals surface area contributed by atoms with Gasteiger partial charge < -0.3 is 4.90 Å². The summed E-state index contributed by atoms with van der Waals surface area (Å²) in [5.41, 5.74) is 1.90. The van der Waals surface area contributed by atoms with Crippen molar-refractivity contribution in [1.82, 2.24) is 24.6 Å². The summed E-state index contributed by atoms with van der Waals surface area (Å²) < 4.78 is 1.90. The lowest BCUT2D eigenvalue weighted by atomic mass is 9.94. The van der Waals surface area contributed by atoms with Gasteiger partial charge in [0.15, 0.2) is 5.65 Å². The van der Waals surface area contributed by atoms with Crippen molar-refractivity contribution in [3.63, 3.8) is 0 Å². The van der Waals surface area contributed by atoms with Gasteiger partial charge in [0.05, 0.1) is 17.3 Å². The van der Waals surface area contributed by atoms with Crippen molar-refractivity contribution in [2.24, 2.45) is 0 Å². The van der Waals surface area contributed by atoms with E-state index in [1.54, 1.807) is 6.33 Å². The summed E-state index contributed by atoms with van der Waals surface area (Å²) in [6.45, 7) is 4.31. The molecule has 2 fully saturated rings. The van der Waals surface area contributed by atoms with Gasteiger partial charge in [-0.3, -0.25) is 4.90 Å². The molecule has 2 aliphatic rings. The summed E-state index contributed by atoms with van der Waals surface area (Å²) in [5.74, 6) is 1.02. The van der Waals surface area contributed by atoms with Crippen LogP contribution in [0.15, 0.2) is 42.9 Å². The molecule has 0 N–H and O–H groups in total. The van der Waals surface area contributed by atoms with Crippen molar-refractivity contribution in [2.45, 2.75) is 38.1 Å². The predicted octanol–water partition coefficient (Wildman–Crippen LogP) is 3.27. The van der Waals surface area contributed by atoms with E-state index >= 15 is 0 Å². The van der Waals surface area contributed by atoms with Crippen LogP contribution in [0.5, 0.6) is 0 Å². The minimum atomic E-state index is 0.798. The van der Waals surface area contributed by atoms with Crippen LogP contribution in [0.3, 0.4) is 0 Å². The molecule has 0 atom stereocenters. The van der Waals surface area contributed by atoms with Crippen molar-refractivity contribution < 1.29 is 0 Å². The third kappa shape index (κ3) is 3.18. The second-order valence-electron chi connectivity index (χ2n) is 7.64. The van der Waals surface area contributed by atoms with Crippen LogP contribution in [-0.2, 0) is 0 Å². The van der Waals surface area contributed by atoms with Gasteiger partial charge in [-0.05, 0) is 25.0 Å². The van der Waals surface area contributed by atoms with E-state index in [-0.39, 0.29) is 0 Å². The van der Waals surface area contributed by atoms with E-state index in [0.717, 1.165) is 54.8 Å². The zero-order valence-electron chi connectivity index (χ0n) is 15.7. The number of hydrogen-bond acceptors (Lipinski definition) is 5. The van der Waals surface area contributed by atoms with Crippen LogP contribution in [0.25, 0.3) is 16.7 Å². The van der Waals surface area contributed by atoms with Crippen molar-refractivity contribution >= 4 is 16.9 Å². The van der Waals surface area contributed by atoms with Crippen molar-refractivity contribution in [1.29, 1.82) is 0 Å². The molecule has 1 saturated carbocycles. The number of anilines is 1. The topological polar surface area (TPSA) is 50.1 Å². The first-order valence-electron chi connectivity index (χ1n) is 10.1. The van der Waals surface area contributed by atoms with E-state index in [1.807, 2.05) is 29.1 Å². The second-order valence-corrected chi connectivity index (χ2v) is 7.64. The van der Waals surface area contributed by atoms with Crippen LogP contribution < -0.4 is 4.90 Å². The number of hydrogen-bond donors (Lipinski definition) is 0. The molecule has 6 nitrogen and oxygen atoms in total. The molecule has 0 amide bonds. The Balaban J connectivity index is 1.37. The maximum Gasteiger partial charge on any atom is 0.168 e. The smallest absolute Gasteiger partial charge is 0.168 e. The molecular weight excluding hydrogens is 336 g/mol. The van der Waals surface area contributed by atoms with Crippen LogP contribution in [0.2, 0.25) is 0 Å². The highest BCUT2D eigenvalue weighted by Crippen LogP contribution is 2.27. The quantitative estimate of drug-likeness (QED) is 0.716. The third-order valence-corrected chi connectivity index (χ3v) is 6.05. The lowest BCUT2D eigenvalue weighted by Crippen LogP contribution is -2.51. The maximum atomic E-state index is 4.62. The Bertz CT molecular complexity index is 891. The van der Waals surface area contributed by atoms with Crippen molar-refractivity contribution in [3.8, 4) is 5.69 Å². The van der Waals surface area contributed by atoms with Gasteiger partial charge in [-0.25, -0.2) is 14.6 Å². The van der Waals surface area contributed by atoms with E-state index in [1.165, 1.54) is 32.1 Å². The van der Waals surface area contributed by atoms with E-state index in [0.29, 0.717) is 0 Å². The highest BCUT2D eigenvalue weighted by atomic mass is 15.3. The van der Waals surface area contributed by atoms with Gasteiger partial charge in [0, 0.05) is 32.2 Å². The normalized spacial score (nSPS) is 19.6. The summed E-state index contributed by atoms with van der Waals surface area (Å²) >= 11 is 0. The molecule has 3 aromatic rings. The van der Waals surface area contributed by atoms with Gasteiger partial charge in [0.2, 0.25) is 0 Å². The molecule has 1 aliphatic carbocycles. The Hall–Kier alpha value is -2.47. The van der Waals surface area contributed by atoms with Gasteiger partial charge >= 0.3 is 0 Å². The Labute approximate surface area is 159 Å². The van der Waals surface area contributed by atoms with Gasteiger partial charge in [0.25, 0.3) is 0 Å². The van der Waals surface area contributed by atoms with Crippen molar-refractivity contribution in [2.75, 3.05) is 31.1 Å². The van der Waals surface area contributed by atoms with E-state index in [9.17, 15) is 0 Å². The average Bonchev–Trinajstić information content (AvgIpc) is 3.19. The second kappa shape index (κ2) is 7.27. The standard InChI is InChI=1S/C21H26N6/c1-3-7-17(8-4-1)25-11-13-26(14-12-25)20-19-15-24-27(21(19)23-16-22-20)18-9-5-2-6-10-18/h2,5-6,9-10,15-17H,1,3-4,7-8,11-14H2. The van der Waals surface area contributed by atoms with E-state index in [2.05, 4.69) is 37.0 Å². The average molecular weight is 362 g/mol. The molecule has 5 rings (SSSR count). The Kier molecular flexibility index (Phi) is 4.49. The number of benzene rings is 1. The Morgan fingerprint density at radius 3 is 2.41 bits per heavy atom. The van der Waals surface area contributed by atoms with Crippen LogP contribution in [0.1, 0.15) is 32.1 Å². The number of rotatable bonds is 3. The fourth-order valence-corrected chi connectivity index (χ4v) is 4.59. The molecule has 3 heterocycles. The summed E-state index contributed by atoms with van der Waals surface area (Å²) in [6, 6.07) is 11.0. The molecule has 2 aromatic heterocycles. The van der Waals surface area contributed by atoms with Crippen LogP contribution in [-0.4, -0.2) is 56.9 Å². The number of fused-ring (bicyclic) bond motifs is 1.